The molecule has 1 fully saturated rings. The van der Waals surface area contributed by atoms with Crippen LogP contribution in [0.3, 0.4) is 0 Å². The Morgan fingerprint density at radius 3 is 2.21 bits per heavy atom. The zero-order valence-corrected chi connectivity index (χ0v) is 9.90. The van der Waals surface area contributed by atoms with Gasteiger partial charge in [0, 0.05) is 12.6 Å². The highest BCUT2D eigenvalue weighted by atomic mass is 15.2. The van der Waals surface area contributed by atoms with Crippen LogP contribution < -0.4 is 0 Å². The zero-order chi connectivity index (χ0) is 10.3. The quantitative estimate of drug-likeness (QED) is 0.651. The van der Waals surface area contributed by atoms with Gasteiger partial charge in [-0.25, -0.2) is 0 Å². The number of hydrogen-bond acceptors (Lipinski definition) is 1. The molecule has 0 saturated carbocycles. The van der Waals surface area contributed by atoms with Crippen molar-refractivity contribution in [2.75, 3.05) is 6.54 Å². The lowest BCUT2D eigenvalue weighted by molar-refractivity contribution is 0.0282. The van der Waals surface area contributed by atoms with E-state index < -0.39 is 0 Å². The summed E-state index contributed by atoms with van der Waals surface area (Å²) >= 11 is 0. The van der Waals surface area contributed by atoms with Gasteiger partial charge >= 0.3 is 0 Å². The summed E-state index contributed by atoms with van der Waals surface area (Å²) in [5.74, 6) is 3.34. The number of allylic oxidation sites excluding steroid dienone is 1. The van der Waals surface area contributed by atoms with Crippen LogP contribution in [0.15, 0.2) is 12.3 Å². The normalized spacial score (nSPS) is 36.1. The molecule has 0 N–H and O–H groups in total. The number of hydrogen-bond donors (Lipinski definition) is 0. The van der Waals surface area contributed by atoms with E-state index in [1.165, 1.54) is 13.0 Å². The molecular weight excluding hydrogens is 170 g/mol. The van der Waals surface area contributed by atoms with E-state index in [1.54, 1.807) is 0 Å². The highest BCUT2D eigenvalue weighted by Crippen LogP contribution is 2.41. The zero-order valence-electron chi connectivity index (χ0n) is 9.90. The Morgan fingerprint density at radius 1 is 1.14 bits per heavy atom. The predicted octanol–water partition coefficient (Wildman–Crippen LogP) is 3.13. The Hall–Kier alpha value is -0.460. The van der Waals surface area contributed by atoms with Gasteiger partial charge in [0.25, 0.3) is 0 Å². The molecule has 1 saturated heterocycles. The maximum Gasteiger partial charge on any atom is 0.0343 e. The Morgan fingerprint density at radius 2 is 1.86 bits per heavy atom. The van der Waals surface area contributed by atoms with E-state index >= 15 is 0 Å². The van der Waals surface area contributed by atoms with Gasteiger partial charge in [-0.3, -0.25) is 0 Å². The van der Waals surface area contributed by atoms with Crippen LogP contribution in [0.5, 0.6) is 0 Å². The third-order valence-electron chi connectivity index (χ3n) is 3.97. The van der Waals surface area contributed by atoms with Crippen molar-refractivity contribution < 1.29 is 0 Å². The Labute approximate surface area is 88.2 Å². The molecule has 0 amide bonds. The Kier molecular flexibility index (Phi) is 2.59. The lowest BCUT2D eigenvalue weighted by Gasteiger charge is -2.51. The number of nitrogens with zero attached hydrogens (tertiary/aromatic N) is 1. The van der Waals surface area contributed by atoms with Gasteiger partial charge < -0.3 is 4.90 Å². The fourth-order valence-electron chi connectivity index (χ4n) is 3.45. The van der Waals surface area contributed by atoms with E-state index in [0.717, 1.165) is 29.7 Å². The SMILES string of the molecule is CC(C)[C@H]1C2C=CN(CC2)[C@H]1C(C)C. The molecule has 1 heteroatoms. The summed E-state index contributed by atoms with van der Waals surface area (Å²) < 4.78 is 0. The van der Waals surface area contributed by atoms with E-state index in [-0.39, 0.29) is 0 Å². The van der Waals surface area contributed by atoms with Crippen molar-refractivity contribution in [2.45, 2.75) is 40.2 Å². The predicted molar refractivity (Wildman–Crippen MR) is 60.9 cm³/mol. The van der Waals surface area contributed by atoms with Crippen LogP contribution >= 0.6 is 0 Å². The minimum Gasteiger partial charge on any atom is -0.374 e. The van der Waals surface area contributed by atoms with Gasteiger partial charge in [-0.15, -0.1) is 0 Å². The fraction of sp³-hybridized carbons (Fsp3) is 0.846. The molecule has 0 radical (unpaired) electrons. The number of fused-ring (bicyclic) bond motifs is 2. The molecule has 3 aliphatic heterocycles. The lowest BCUT2D eigenvalue weighted by Crippen LogP contribution is -2.53. The summed E-state index contributed by atoms with van der Waals surface area (Å²) in [6, 6.07) is 0.791. The topological polar surface area (TPSA) is 3.24 Å². The average Bonchev–Trinajstić information content (AvgIpc) is 2.17. The Bertz CT molecular complexity index is 205. The third-order valence-corrected chi connectivity index (χ3v) is 3.97. The monoisotopic (exact) mass is 193 g/mol. The summed E-state index contributed by atoms with van der Waals surface area (Å²) in [5.41, 5.74) is 0. The van der Waals surface area contributed by atoms with E-state index in [1.807, 2.05) is 0 Å². The van der Waals surface area contributed by atoms with Gasteiger partial charge in [0.2, 0.25) is 0 Å². The molecular formula is C13H23N. The molecule has 2 bridgehead atoms. The van der Waals surface area contributed by atoms with Crippen molar-refractivity contribution in [3.8, 4) is 0 Å². The van der Waals surface area contributed by atoms with Gasteiger partial charge in [0.05, 0.1) is 0 Å². The van der Waals surface area contributed by atoms with Crippen molar-refractivity contribution in [1.29, 1.82) is 0 Å². The summed E-state index contributed by atoms with van der Waals surface area (Å²) in [6.45, 7) is 10.8. The van der Waals surface area contributed by atoms with E-state index in [4.69, 9.17) is 0 Å². The van der Waals surface area contributed by atoms with Gasteiger partial charge in [-0.2, -0.15) is 0 Å². The molecule has 0 aromatic heterocycles. The molecule has 3 heterocycles. The third kappa shape index (κ3) is 1.47. The Balaban J connectivity index is 2.24. The van der Waals surface area contributed by atoms with E-state index in [9.17, 15) is 0 Å². The second kappa shape index (κ2) is 3.60. The molecule has 0 aromatic carbocycles. The molecule has 14 heavy (non-hydrogen) atoms. The van der Waals surface area contributed by atoms with Crippen LogP contribution in [0.4, 0.5) is 0 Å². The first kappa shape index (κ1) is 10.1. The van der Waals surface area contributed by atoms with Crippen LogP contribution in [0, 0.1) is 23.7 Å². The molecule has 0 aliphatic carbocycles. The van der Waals surface area contributed by atoms with Crippen LogP contribution in [-0.2, 0) is 0 Å². The number of rotatable bonds is 2. The molecule has 3 aliphatic rings. The van der Waals surface area contributed by atoms with Crippen molar-refractivity contribution >= 4 is 0 Å². The maximum atomic E-state index is 2.58. The minimum absolute atomic E-state index is 0.787. The molecule has 80 valence electrons. The first-order valence-corrected chi connectivity index (χ1v) is 6.05. The second-order valence-electron chi connectivity index (χ2n) is 5.59. The molecule has 3 atom stereocenters. The molecule has 0 spiro atoms. The molecule has 3 rings (SSSR count). The average molecular weight is 193 g/mol. The number of piperidine rings is 1. The smallest absolute Gasteiger partial charge is 0.0343 e. The second-order valence-corrected chi connectivity index (χ2v) is 5.59. The van der Waals surface area contributed by atoms with Crippen molar-refractivity contribution in [2.24, 2.45) is 23.7 Å². The lowest BCUT2D eigenvalue weighted by atomic mass is 9.68. The van der Waals surface area contributed by atoms with E-state index in [0.29, 0.717) is 0 Å². The van der Waals surface area contributed by atoms with Crippen molar-refractivity contribution in [3.05, 3.63) is 12.3 Å². The maximum absolute atomic E-state index is 2.58. The first-order valence-electron chi connectivity index (χ1n) is 6.05. The summed E-state index contributed by atoms with van der Waals surface area (Å²) in [5, 5.41) is 0. The van der Waals surface area contributed by atoms with Crippen LogP contribution in [0.25, 0.3) is 0 Å². The standard InChI is InChI=1S/C13H23N/c1-9(2)12-11-5-7-14(8-6-11)13(12)10(3)4/h5,7,9-13H,6,8H2,1-4H3/t11?,12-,13-/m0/s1. The highest BCUT2D eigenvalue weighted by Gasteiger charge is 2.41. The summed E-state index contributed by atoms with van der Waals surface area (Å²) in [7, 11) is 0. The largest absolute Gasteiger partial charge is 0.374 e. The first-order chi connectivity index (χ1) is 6.61. The molecule has 0 aromatic rings. The summed E-state index contributed by atoms with van der Waals surface area (Å²) in [4.78, 5) is 2.58. The molecule has 1 unspecified atom stereocenters. The highest BCUT2D eigenvalue weighted by molar-refractivity contribution is 5.08. The van der Waals surface area contributed by atoms with Gasteiger partial charge in [0.15, 0.2) is 0 Å². The van der Waals surface area contributed by atoms with E-state index in [2.05, 4.69) is 44.9 Å². The summed E-state index contributed by atoms with van der Waals surface area (Å²) in [6.07, 6.45) is 6.16. The van der Waals surface area contributed by atoms with Gasteiger partial charge in [-0.05, 0) is 36.3 Å². The van der Waals surface area contributed by atoms with Crippen molar-refractivity contribution in [3.63, 3.8) is 0 Å². The minimum atomic E-state index is 0.787. The van der Waals surface area contributed by atoms with Crippen molar-refractivity contribution in [1.82, 2.24) is 4.90 Å². The van der Waals surface area contributed by atoms with Gasteiger partial charge in [0.1, 0.15) is 0 Å². The van der Waals surface area contributed by atoms with Gasteiger partial charge in [-0.1, -0.05) is 33.8 Å². The van der Waals surface area contributed by atoms with Crippen LogP contribution in [0.1, 0.15) is 34.1 Å². The fourth-order valence-corrected chi connectivity index (χ4v) is 3.45. The molecule has 1 nitrogen and oxygen atoms in total. The van der Waals surface area contributed by atoms with Crippen LogP contribution in [0.2, 0.25) is 0 Å². The van der Waals surface area contributed by atoms with Crippen LogP contribution in [-0.4, -0.2) is 17.5 Å².